The molecule has 33 heavy (non-hydrogen) atoms. The third-order valence-electron chi connectivity index (χ3n) is 5.16. The standard InChI is InChI=1S/C24H28N2O6S/c1-32-20-10-7-17(8-11-20)13-19(16-27)25-15-24(29)18-9-12-23(28)22(14-18)26-33(30,31)21-5-3-2-4-6-21/h2-12,14,19,24-29H,13,15-16H2,1H3/t19-,24-/m0/s1. The predicted molar refractivity (Wildman–Crippen MR) is 126 cm³/mol. The Kier molecular flexibility index (Phi) is 8.29. The highest BCUT2D eigenvalue weighted by atomic mass is 32.2. The highest BCUT2D eigenvalue weighted by molar-refractivity contribution is 7.92. The molecular formula is C24H28N2O6S. The van der Waals surface area contributed by atoms with Crippen molar-refractivity contribution in [2.75, 3.05) is 25.0 Å². The quantitative estimate of drug-likeness (QED) is 0.271. The van der Waals surface area contributed by atoms with Crippen LogP contribution in [0.15, 0.2) is 77.7 Å². The SMILES string of the molecule is COc1ccc(C[C@@H](CO)NC[C@H](O)c2ccc(O)c(NS(=O)(=O)c3ccccc3)c2)cc1. The Morgan fingerprint density at radius 2 is 1.70 bits per heavy atom. The Labute approximate surface area is 193 Å². The summed E-state index contributed by atoms with van der Waals surface area (Å²) in [6.45, 7) is -0.00646. The first-order chi connectivity index (χ1) is 15.8. The predicted octanol–water partition coefficient (Wildman–Crippen LogP) is 2.43. The molecule has 0 saturated carbocycles. The van der Waals surface area contributed by atoms with Crippen LogP contribution in [0.1, 0.15) is 17.2 Å². The van der Waals surface area contributed by atoms with E-state index in [4.69, 9.17) is 4.74 Å². The minimum Gasteiger partial charge on any atom is -0.506 e. The van der Waals surface area contributed by atoms with Crippen molar-refractivity contribution in [3.05, 3.63) is 83.9 Å². The van der Waals surface area contributed by atoms with Crippen LogP contribution in [0.5, 0.6) is 11.5 Å². The number of anilines is 1. The van der Waals surface area contributed by atoms with Crippen molar-refractivity contribution in [3.63, 3.8) is 0 Å². The van der Waals surface area contributed by atoms with Gasteiger partial charge >= 0.3 is 0 Å². The van der Waals surface area contributed by atoms with Crippen LogP contribution in [0.4, 0.5) is 5.69 Å². The van der Waals surface area contributed by atoms with E-state index >= 15 is 0 Å². The Balaban J connectivity index is 1.65. The van der Waals surface area contributed by atoms with Gasteiger partial charge in [-0.25, -0.2) is 8.42 Å². The van der Waals surface area contributed by atoms with Crippen molar-refractivity contribution in [2.24, 2.45) is 0 Å². The van der Waals surface area contributed by atoms with E-state index in [2.05, 4.69) is 10.0 Å². The number of aromatic hydroxyl groups is 1. The first-order valence-electron chi connectivity index (χ1n) is 10.4. The zero-order chi connectivity index (χ0) is 23.8. The summed E-state index contributed by atoms with van der Waals surface area (Å²) in [6.07, 6.45) is -0.444. The van der Waals surface area contributed by atoms with Gasteiger partial charge in [0.05, 0.1) is 30.4 Å². The van der Waals surface area contributed by atoms with E-state index in [1.54, 1.807) is 25.3 Å². The number of ether oxygens (including phenoxy) is 1. The number of hydrogen-bond donors (Lipinski definition) is 5. The van der Waals surface area contributed by atoms with Crippen molar-refractivity contribution in [1.82, 2.24) is 5.32 Å². The van der Waals surface area contributed by atoms with Gasteiger partial charge in [0.2, 0.25) is 0 Å². The molecule has 0 saturated heterocycles. The number of nitrogens with one attached hydrogen (secondary N) is 2. The zero-order valence-corrected chi connectivity index (χ0v) is 19.0. The summed E-state index contributed by atoms with van der Waals surface area (Å²) in [4.78, 5) is 0.0568. The molecule has 0 aliphatic carbocycles. The van der Waals surface area contributed by atoms with Crippen LogP contribution < -0.4 is 14.8 Å². The normalized spacial score (nSPS) is 13.3. The van der Waals surface area contributed by atoms with E-state index in [9.17, 15) is 23.7 Å². The summed E-state index contributed by atoms with van der Waals surface area (Å²) in [5.41, 5.74) is 1.37. The number of rotatable bonds is 11. The minimum atomic E-state index is -3.90. The first kappa shape index (κ1) is 24.5. The summed E-state index contributed by atoms with van der Waals surface area (Å²) in [5.74, 6) is 0.486. The average Bonchev–Trinajstić information content (AvgIpc) is 2.83. The average molecular weight is 473 g/mol. The van der Waals surface area contributed by atoms with Gasteiger partial charge in [0, 0.05) is 12.6 Å². The highest BCUT2D eigenvalue weighted by Gasteiger charge is 2.18. The molecule has 2 atom stereocenters. The smallest absolute Gasteiger partial charge is 0.262 e. The molecule has 0 aromatic heterocycles. The molecule has 0 bridgehead atoms. The van der Waals surface area contributed by atoms with Gasteiger partial charge in [0.25, 0.3) is 10.0 Å². The van der Waals surface area contributed by atoms with E-state index in [1.165, 1.54) is 30.3 Å². The van der Waals surface area contributed by atoms with Gasteiger partial charge in [-0.05, 0) is 53.9 Å². The van der Waals surface area contributed by atoms with E-state index in [0.717, 1.165) is 11.3 Å². The van der Waals surface area contributed by atoms with Crippen LogP contribution in [-0.4, -0.2) is 50.0 Å². The van der Waals surface area contributed by atoms with Gasteiger partial charge in [-0.3, -0.25) is 4.72 Å². The summed E-state index contributed by atoms with van der Waals surface area (Å²) >= 11 is 0. The molecule has 3 rings (SSSR count). The van der Waals surface area contributed by atoms with Gasteiger partial charge in [-0.2, -0.15) is 0 Å². The molecule has 0 aliphatic heterocycles. The molecule has 0 fully saturated rings. The Morgan fingerprint density at radius 1 is 1.00 bits per heavy atom. The summed E-state index contributed by atoms with van der Waals surface area (Å²) < 4.78 is 32.6. The molecule has 0 spiro atoms. The second-order valence-electron chi connectivity index (χ2n) is 7.55. The lowest BCUT2D eigenvalue weighted by Gasteiger charge is -2.20. The number of phenolic OH excluding ortho intramolecular Hbond substituents is 1. The fourth-order valence-corrected chi connectivity index (χ4v) is 4.38. The lowest BCUT2D eigenvalue weighted by molar-refractivity contribution is 0.158. The molecule has 8 nitrogen and oxygen atoms in total. The van der Waals surface area contributed by atoms with E-state index in [1.807, 2.05) is 24.3 Å². The fourth-order valence-electron chi connectivity index (χ4n) is 3.29. The largest absolute Gasteiger partial charge is 0.506 e. The van der Waals surface area contributed by atoms with Crippen molar-refractivity contribution in [3.8, 4) is 11.5 Å². The monoisotopic (exact) mass is 472 g/mol. The second-order valence-corrected chi connectivity index (χ2v) is 9.23. The Hall–Kier alpha value is -3.11. The molecule has 176 valence electrons. The van der Waals surface area contributed by atoms with Crippen LogP contribution in [0, 0.1) is 0 Å². The molecule has 0 unspecified atom stereocenters. The third kappa shape index (κ3) is 6.69. The summed E-state index contributed by atoms with van der Waals surface area (Å²) in [7, 11) is -2.30. The maximum atomic E-state index is 12.6. The van der Waals surface area contributed by atoms with Gasteiger partial charge < -0.3 is 25.4 Å². The Morgan fingerprint density at radius 3 is 2.33 bits per heavy atom. The molecule has 3 aromatic carbocycles. The Bertz CT molecular complexity index is 1140. The number of phenols is 1. The molecule has 9 heteroatoms. The molecule has 0 heterocycles. The van der Waals surface area contributed by atoms with E-state index < -0.39 is 16.1 Å². The number of hydrogen-bond acceptors (Lipinski definition) is 7. The number of aliphatic hydroxyl groups is 2. The zero-order valence-electron chi connectivity index (χ0n) is 18.2. The maximum absolute atomic E-state index is 12.6. The molecule has 0 amide bonds. The maximum Gasteiger partial charge on any atom is 0.262 e. The summed E-state index contributed by atoms with van der Waals surface area (Å²) in [5, 5.41) is 33.6. The molecule has 5 N–H and O–H groups in total. The van der Waals surface area contributed by atoms with Gasteiger partial charge in [0.1, 0.15) is 11.5 Å². The minimum absolute atomic E-state index is 0.0349. The molecular weight excluding hydrogens is 444 g/mol. The fraction of sp³-hybridized carbons (Fsp3) is 0.250. The van der Waals surface area contributed by atoms with Crippen LogP contribution in [-0.2, 0) is 16.4 Å². The van der Waals surface area contributed by atoms with Crippen LogP contribution in [0.3, 0.4) is 0 Å². The van der Waals surface area contributed by atoms with Crippen LogP contribution >= 0.6 is 0 Å². The number of sulfonamides is 1. The lowest BCUT2D eigenvalue weighted by atomic mass is 10.0. The number of methoxy groups -OCH3 is 1. The number of benzene rings is 3. The molecule has 0 aliphatic rings. The second kappa shape index (κ2) is 11.2. The topological polar surface area (TPSA) is 128 Å². The van der Waals surface area contributed by atoms with E-state index in [-0.39, 0.29) is 35.5 Å². The van der Waals surface area contributed by atoms with Crippen LogP contribution in [0.25, 0.3) is 0 Å². The summed E-state index contributed by atoms with van der Waals surface area (Å²) in [6, 6.07) is 19.2. The van der Waals surface area contributed by atoms with Crippen LogP contribution in [0.2, 0.25) is 0 Å². The van der Waals surface area contributed by atoms with Gasteiger partial charge in [0.15, 0.2) is 0 Å². The van der Waals surface area contributed by atoms with Crippen molar-refractivity contribution in [1.29, 1.82) is 0 Å². The van der Waals surface area contributed by atoms with Crippen molar-refractivity contribution >= 4 is 15.7 Å². The lowest BCUT2D eigenvalue weighted by Crippen LogP contribution is -2.37. The van der Waals surface area contributed by atoms with Gasteiger partial charge in [-0.15, -0.1) is 0 Å². The van der Waals surface area contributed by atoms with Gasteiger partial charge in [-0.1, -0.05) is 36.4 Å². The van der Waals surface area contributed by atoms with Crippen molar-refractivity contribution in [2.45, 2.75) is 23.5 Å². The number of aliphatic hydroxyl groups excluding tert-OH is 2. The molecule has 3 aromatic rings. The first-order valence-corrected chi connectivity index (χ1v) is 11.9. The molecule has 0 radical (unpaired) electrons. The van der Waals surface area contributed by atoms with E-state index in [0.29, 0.717) is 12.0 Å². The highest BCUT2D eigenvalue weighted by Crippen LogP contribution is 2.29. The third-order valence-corrected chi connectivity index (χ3v) is 6.55. The van der Waals surface area contributed by atoms with Crippen molar-refractivity contribution < 1.29 is 28.5 Å².